The quantitative estimate of drug-likeness (QED) is 0.843. The molecule has 0 saturated carbocycles. The summed E-state index contributed by atoms with van der Waals surface area (Å²) < 4.78 is 5.99. The number of hydrogen-bond donors (Lipinski definition) is 1. The molecule has 2 unspecified atom stereocenters. The standard InChI is InChI=1S/C14H21NO/c1-4-11-7-6-8-12-13(15-5-2)9-10(3)16-14(11)12/h6-8,10,13,15H,4-5,9H2,1-3H3. The Hall–Kier alpha value is -1.02. The van der Waals surface area contributed by atoms with Gasteiger partial charge in [0.1, 0.15) is 5.75 Å². The summed E-state index contributed by atoms with van der Waals surface area (Å²) in [5.41, 5.74) is 2.66. The maximum Gasteiger partial charge on any atom is 0.127 e. The normalized spacial score (nSPS) is 23.7. The van der Waals surface area contributed by atoms with E-state index < -0.39 is 0 Å². The van der Waals surface area contributed by atoms with Crippen molar-refractivity contribution in [3.63, 3.8) is 0 Å². The predicted octanol–water partition coefficient (Wildman–Crippen LogP) is 3.07. The van der Waals surface area contributed by atoms with Gasteiger partial charge in [-0.2, -0.15) is 0 Å². The fourth-order valence-electron chi connectivity index (χ4n) is 2.45. The number of rotatable bonds is 3. The average Bonchev–Trinajstić information content (AvgIpc) is 2.28. The van der Waals surface area contributed by atoms with Crippen molar-refractivity contribution in [1.29, 1.82) is 0 Å². The molecule has 0 amide bonds. The molecule has 2 nitrogen and oxygen atoms in total. The first-order chi connectivity index (χ1) is 7.76. The summed E-state index contributed by atoms with van der Waals surface area (Å²) in [6, 6.07) is 6.95. The fourth-order valence-corrected chi connectivity index (χ4v) is 2.45. The summed E-state index contributed by atoms with van der Waals surface area (Å²) in [5.74, 6) is 1.12. The Morgan fingerprint density at radius 2 is 2.19 bits per heavy atom. The topological polar surface area (TPSA) is 21.3 Å². The molecule has 1 aromatic carbocycles. The molecule has 1 aliphatic rings. The third kappa shape index (κ3) is 2.07. The largest absolute Gasteiger partial charge is 0.490 e. The lowest BCUT2D eigenvalue weighted by Crippen LogP contribution is -2.31. The minimum Gasteiger partial charge on any atom is -0.490 e. The van der Waals surface area contributed by atoms with Crippen molar-refractivity contribution in [2.24, 2.45) is 0 Å². The number of nitrogens with one attached hydrogen (secondary N) is 1. The van der Waals surface area contributed by atoms with Crippen LogP contribution in [0.2, 0.25) is 0 Å². The average molecular weight is 219 g/mol. The van der Waals surface area contributed by atoms with E-state index in [1.165, 1.54) is 11.1 Å². The zero-order valence-corrected chi connectivity index (χ0v) is 10.4. The van der Waals surface area contributed by atoms with Crippen LogP contribution in [0, 0.1) is 0 Å². The van der Waals surface area contributed by atoms with Crippen molar-refractivity contribution in [3.05, 3.63) is 29.3 Å². The van der Waals surface area contributed by atoms with Gasteiger partial charge in [-0.25, -0.2) is 0 Å². The van der Waals surface area contributed by atoms with Gasteiger partial charge in [-0.1, -0.05) is 32.0 Å². The minimum atomic E-state index is 0.309. The van der Waals surface area contributed by atoms with E-state index in [-0.39, 0.29) is 0 Å². The zero-order valence-electron chi connectivity index (χ0n) is 10.4. The third-order valence-corrected chi connectivity index (χ3v) is 3.22. The van der Waals surface area contributed by atoms with Gasteiger partial charge in [0.2, 0.25) is 0 Å². The fraction of sp³-hybridized carbons (Fsp3) is 0.571. The Kier molecular flexibility index (Phi) is 3.49. The van der Waals surface area contributed by atoms with Gasteiger partial charge in [0.25, 0.3) is 0 Å². The summed E-state index contributed by atoms with van der Waals surface area (Å²) in [7, 11) is 0. The van der Waals surface area contributed by atoms with Crippen LogP contribution in [0.15, 0.2) is 18.2 Å². The van der Waals surface area contributed by atoms with E-state index >= 15 is 0 Å². The monoisotopic (exact) mass is 219 g/mol. The van der Waals surface area contributed by atoms with Crippen LogP contribution in [0.5, 0.6) is 5.75 Å². The van der Waals surface area contributed by atoms with Crippen LogP contribution in [-0.4, -0.2) is 12.6 Å². The molecule has 16 heavy (non-hydrogen) atoms. The van der Waals surface area contributed by atoms with Crippen LogP contribution in [0.25, 0.3) is 0 Å². The van der Waals surface area contributed by atoms with Crippen molar-refractivity contribution in [1.82, 2.24) is 5.32 Å². The minimum absolute atomic E-state index is 0.309. The van der Waals surface area contributed by atoms with Crippen LogP contribution in [0.1, 0.15) is 44.4 Å². The summed E-state index contributed by atoms with van der Waals surface area (Å²) >= 11 is 0. The van der Waals surface area contributed by atoms with E-state index in [1.54, 1.807) is 0 Å². The molecule has 2 rings (SSSR count). The number of hydrogen-bond acceptors (Lipinski definition) is 2. The van der Waals surface area contributed by atoms with Gasteiger partial charge >= 0.3 is 0 Å². The molecular formula is C14H21NO. The van der Waals surface area contributed by atoms with E-state index in [9.17, 15) is 0 Å². The Balaban J connectivity index is 2.38. The zero-order chi connectivity index (χ0) is 11.5. The van der Waals surface area contributed by atoms with Crippen LogP contribution in [0.3, 0.4) is 0 Å². The molecule has 0 fully saturated rings. The van der Waals surface area contributed by atoms with Gasteiger partial charge < -0.3 is 10.1 Å². The van der Waals surface area contributed by atoms with Crippen molar-refractivity contribution < 1.29 is 4.74 Å². The molecule has 0 bridgehead atoms. The Morgan fingerprint density at radius 3 is 2.88 bits per heavy atom. The van der Waals surface area contributed by atoms with Gasteiger partial charge in [-0.15, -0.1) is 0 Å². The first kappa shape index (κ1) is 11.5. The molecular weight excluding hydrogens is 198 g/mol. The van der Waals surface area contributed by atoms with Crippen LogP contribution >= 0.6 is 0 Å². The van der Waals surface area contributed by atoms with Gasteiger partial charge in [0.15, 0.2) is 0 Å². The molecule has 0 radical (unpaired) electrons. The first-order valence-electron chi connectivity index (χ1n) is 6.28. The Morgan fingerprint density at radius 1 is 1.38 bits per heavy atom. The van der Waals surface area contributed by atoms with E-state index in [0.29, 0.717) is 12.1 Å². The van der Waals surface area contributed by atoms with Crippen LogP contribution < -0.4 is 10.1 Å². The van der Waals surface area contributed by atoms with Crippen molar-refractivity contribution in [3.8, 4) is 5.75 Å². The number of benzene rings is 1. The lowest BCUT2D eigenvalue weighted by Gasteiger charge is -2.32. The maximum atomic E-state index is 5.99. The molecule has 88 valence electrons. The summed E-state index contributed by atoms with van der Waals surface area (Å²) in [5, 5.41) is 3.54. The second-order valence-corrected chi connectivity index (χ2v) is 4.46. The second kappa shape index (κ2) is 4.88. The molecule has 1 aromatic rings. The Labute approximate surface area is 98.0 Å². The second-order valence-electron chi connectivity index (χ2n) is 4.46. The number of ether oxygens (including phenoxy) is 1. The Bertz CT molecular complexity index is 362. The highest BCUT2D eigenvalue weighted by molar-refractivity contribution is 5.45. The third-order valence-electron chi connectivity index (χ3n) is 3.22. The molecule has 1 aliphatic heterocycles. The highest BCUT2D eigenvalue weighted by atomic mass is 16.5. The highest BCUT2D eigenvalue weighted by Gasteiger charge is 2.26. The maximum absolute atomic E-state index is 5.99. The van der Waals surface area contributed by atoms with Gasteiger partial charge in [-0.3, -0.25) is 0 Å². The number of para-hydroxylation sites is 1. The highest BCUT2D eigenvalue weighted by Crippen LogP contribution is 2.37. The molecule has 1 heterocycles. The molecule has 0 saturated heterocycles. The van der Waals surface area contributed by atoms with Crippen molar-refractivity contribution >= 4 is 0 Å². The van der Waals surface area contributed by atoms with E-state index in [2.05, 4.69) is 44.3 Å². The molecule has 0 aliphatic carbocycles. The van der Waals surface area contributed by atoms with E-state index in [0.717, 1.165) is 25.1 Å². The van der Waals surface area contributed by atoms with Crippen molar-refractivity contribution in [2.45, 2.75) is 45.8 Å². The predicted molar refractivity (Wildman–Crippen MR) is 66.9 cm³/mol. The van der Waals surface area contributed by atoms with Gasteiger partial charge in [-0.05, 0) is 25.5 Å². The molecule has 2 heteroatoms. The lowest BCUT2D eigenvalue weighted by atomic mass is 9.94. The molecule has 0 spiro atoms. The van der Waals surface area contributed by atoms with Crippen LogP contribution in [0.4, 0.5) is 0 Å². The number of fused-ring (bicyclic) bond motifs is 1. The first-order valence-corrected chi connectivity index (χ1v) is 6.28. The summed E-state index contributed by atoms with van der Waals surface area (Å²) in [4.78, 5) is 0. The smallest absolute Gasteiger partial charge is 0.127 e. The summed E-state index contributed by atoms with van der Waals surface area (Å²) in [6.07, 6.45) is 2.41. The summed E-state index contributed by atoms with van der Waals surface area (Å²) in [6.45, 7) is 7.50. The number of aryl methyl sites for hydroxylation is 1. The van der Waals surface area contributed by atoms with Crippen molar-refractivity contribution in [2.75, 3.05) is 6.54 Å². The van der Waals surface area contributed by atoms with Gasteiger partial charge in [0, 0.05) is 18.0 Å². The van der Waals surface area contributed by atoms with E-state index in [4.69, 9.17) is 4.74 Å². The van der Waals surface area contributed by atoms with Crippen LogP contribution in [-0.2, 0) is 6.42 Å². The molecule has 1 N–H and O–H groups in total. The lowest BCUT2D eigenvalue weighted by molar-refractivity contribution is 0.165. The van der Waals surface area contributed by atoms with E-state index in [1.807, 2.05) is 0 Å². The molecule has 0 aromatic heterocycles. The SMILES string of the molecule is CCNC1CC(C)Oc2c(CC)cccc21. The van der Waals surface area contributed by atoms with Gasteiger partial charge in [0.05, 0.1) is 6.10 Å². The molecule has 2 atom stereocenters.